The van der Waals surface area contributed by atoms with Crippen molar-refractivity contribution in [2.75, 3.05) is 25.1 Å². The van der Waals surface area contributed by atoms with Crippen molar-refractivity contribution in [2.24, 2.45) is 0 Å². The molecule has 29 heavy (non-hydrogen) atoms. The molecule has 0 fully saturated rings. The number of hydrogen-bond acceptors (Lipinski definition) is 5. The largest absolute Gasteiger partial charge is 0.486 e. The molecule has 1 N–H and O–H groups in total. The third kappa shape index (κ3) is 3.61. The Hall–Kier alpha value is -3.54. The molecule has 146 valence electrons. The van der Waals surface area contributed by atoms with Gasteiger partial charge in [0.05, 0.1) is 17.4 Å². The number of ether oxygens (including phenoxy) is 2. The van der Waals surface area contributed by atoms with E-state index in [2.05, 4.69) is 22.4 Å². The number of hydrogen-bond donors (Lipinski definition) is 1. The zero-order valence-corrected chi connectivity index (χ0v) is 15.9. The molecule has 5 rings (SSSR count). The van der Waals surface area contributed by atoms with E-state index in [1.54, 1.807) is 12.4 Å². The van der Waals surface area contributed by atoms with Gasteiger partial charge in [-0.15, -0.1) is 0 Å². The van der Waals surface area contributed by atoms with E-state index < -0.39 is 0 Å². The quantitative estimate of drug-likeness (QED) is 0.741. The Morgan fingerprint density at radius 1 is 0.931 bits per heavy atom. The number of rotatable bonds is 3. The molecule has 2 aromatic carbocycles. The number of anilines is 2. The number of aromatic nitrogens is 1. The Kier molecular flexibility index (Phi) is 4.52. The van der Waals surface area contributed by atoms with Crippen molar-refractivity contribution in [1.29, 1.82) is 0 Å². The van der Waals surface area contributed by atoms with Gasteiger partial charge in [-0.05, 0) is 35.7 Å². The van der Waals surface area contributed by atoms with Gasteiger partial charge in [-0.2, -0.15) is 0 Å². The molecule has 1 amide bonds. The Balaban J connectivity index is 1.33. The lowest BCUT2D eigenvalue weighted by atomic mass is 9.99. The van der Waals surface area contributed by atoms with Gasteiger partial charge in [0.2, 0.25) is 0 Å². The van der Waals surface area contributed by atoms with E-state index in [0.29, 0.717) is 31.1 Å². The third-order valence-electron chi connectivity index (χ3n) is 5.23. The van der Waals surface area contributed by atoms with Crippen LogP contribution in [0.25, 0.3) is 0 Å². The van der Waals surface area contributed by atoms with Gasteiger partial charge in [-0.1, -0.05) is 24.3 Å². The average Bonchev–Trinajstić information content (AvgIpc) is 2.78. The Labute approximate surface area is 169 Å². The second kappa shape index (κ2) is 7.47. The molecule has 0 saturated carbocycles. The molecule has 0 radical (unpaired) electrons. The highest BCUT2D eigenvalue weighted by Gasteiger charge is 2.22. The van der Waals surface area contributed by atoms with Crippen molar-refractivity contribution in [1.82, 2.24) is 9.88 Å². The van der Waals surface area contributed by atoms with Gasteiger partial charge in [0, 0.05) is 31.0 Å². The van der Waals surface area contributed by atoms with Gasteiger partial charge in [-0.3, -0.25) is 9.78 Å². The minimum Gasteiger partial charge on any atom is -0.486 e. The Morgan fingerprint density at radius 3 is 2.66 bits per heavy atom. The topological polar surface area (TPSA) is 63.7 Å². The Morgan fingerprint density at radius 2 is 1.76 bits per heavy atom. The molecule has 1 aromatic heterocycles. The number of nitrogens with one attached hydrogen (secondary N) is 1. The maximum absolute atomic E-state index is 13.0. The van der Waals surface area contributed by atoms with E-state index in [1.807, 2.05) is 41.3 Å². The fourth-order valence-electron chi connectivity index (χ4n) is 3.76. The van der Waals surface area contributed by atoms with E-state index in [-0.39, 0.29) is 5.91 Å². The van der Waals surface area contributed by atoms with Gasteiger partial charge in [-0.25, -0.2) is 0 Å². The molecule has 0 spiro atoms. The summed E-state index contributed by atoms with van der Waals surface area (Å²) >= 11 is 0. The van der Waals surface area contributed by atoms with Gasteiger partial charge in [0.1, 0.15) is 13.2 Å². The number of fused-ring (bicyclic) bond motifs is 2. The molecule has 2 aliphatic rings. The summed E-state index contributed by atoms with van der Waals surface area (Å²) in [5.74, 6) is 1.46. The molecule has 3 aromatic rings. The molecule has 0 bridgehead atoms. The van der Waals surface area contributed by atoms with E-state index in [0.717, 1.165) is 30.1 Å². The second-order valence-corrected chi connectivity index (χ2v) is 7.19. The maximum atomic E-state index is 13.0. The van der Waals surface area contributed by atoms with Crippen molar-refractivity contribution in [3.8, 4) is 11.5 Å². The highest BCUT2D eigenvalue weighted by Crippen LogP contribution is 2.33. The number of carbonyl (C=O) groups excluding carboxylic acids is 1. The first kappa shape index (κ1) is 17.6. The summed E-state index contributed by atoms with van der Waals surface area (Å²) in [4.78, 5) is 19.2. The number of carbonyl (C=O) groups is 1. The zero-order valence-electron chi connectivity index (χ0n) is 15.9. The lowest BCUT2D eigenvalue weighted by Gasteiger charge is -2.29. The van der Waals surface area contributed by atoms with Crippen molar-refractivity contribution < 1.29 is 14.3 Å². The predicted octanol–water partition coefficient (Wildman–Crippen LogP) is 3.79. The van der Waals surface area contributed by atoms with E-state index in [9.17, 15) is 4.79 Å². The third-order valence-corrected chi connectivity index (χ3v) is 5.23. The summed E-state index contributed by atoms with van der Waals surface area (Å²) in [5.41, 5.74) is 4.72. The van der Waals surface area contributed by atoms with Crippen LogP contribution in [0, 0.1) is 0 Å². The summed E-state index contributed by atoms with van der Waals surface area (Å²) in [6.07, 6.45) is 4.21. The Bertz CT molecular complexity index is 1070. The van der Waals surface area contributed by atoms with Crippen molar-refractivity contribution in [2.45, 2.75) is 13.0 Å². The average molecular weight is 387 g/mol. The van der Waals surface area contributed by atoms with Gasteiger partial charge < -0.3 is 19.7 Å². The smallest absolute Gasteiger partial charge is 0.255 e. The normalized spacial score (nSPS) is 14.8. The van der Waals surface area contributed by atoms with Crippen LogP contribution in [0.3, 0.4) is 0 Å². The highest BCUT2D eigenvalue weighted by atomic mass is 16.6. The van der Waals surface area contributed by atoms with Crippen LogP contribution in [0.5, 0.6) is 11.5 Å². The van der Waals surface area contributed by atoms with Gasteiger partial charge in [0.15, 0.2) is 11.5 Å². The van der Waals surface area contributed by atoms with E-state index in [1.165, 1.54) is 11.1 Å². The molecule has 3 heterocycles. The molecule has 0 aliphatic carbocycles. The van der Waals surface area contributed by atoms with Gasteiger partial charge >= 0.3 is 0 Å². The summed E-state index contributed by atoms with van der Waals surface area (Å²) < 4.78 is 11.2. The fraction of sp³-hybridized carbons (Fsp3) is 0.217. The molecule has 0 atom stereocenters. The van der Waals surface area contributed by atoms with Crippen LogP contribution in [0.15, 0.2) is 60.9 Å². The summed E-state index contributed by atoms with van der Waals surface area (Å²) in [5, 5.41) is 3.30. The highest BCUT2D eigenvalue weighted by molar-refractivity contribution is 5.95. The minimum absolute atomic E-state index is 0.00201. The first-order valence-electron chi connectivity index (χ1n) is 9.74. The van der Waals surface area contributed by atoms with Crippen LogP contribution in [0.1, 0.15) is 21.5 Å². The predicted molar refractivity (Wildman–Crippen MR) is 110 cm³/mol. The number of benzene rings is 2. The van der Waals surface area contributed by atoms with Crippen LogP contribution >= 0.6 is 0 Å². The standard InChI is InChI=1S/C23H21N3O3/c27-23(26-8-7-16-3-1-2-4-17(16)15-26)18-11-20(14-24-13-18)25-19-5-6-21-22(12-19)29-10-9-28-21/h1-6,11-14,25H,7-10,15H2. The van der Waals surface area contributed by atoms with E-state index in [4.69, 9.17) is 9.47 Å². The number of nitrogens with zero attached hydrogens (tertiary/aromatic N) is 2. The molecule has 6 nitrogen and oxygen atoms in total. The molecule has 0 saturated heterocycles. The van der Waals surface area contributed by atoms with Gasteiger partial charge in [0.25, 0.3) is 5.91 Å². The fourth-order valence-corrected chi connectivity index (χ4v) is 3.76. The lowest BCUT2D eigenvalue weighted by molar-refractivity contribution is 0.0734. The van der Waals surface area contributed by atoms with Crippen LogP contribution in [0.4, 0.5) is 11.4 Å². The molecule has 2 aliphatic heterocycles. The summed E-state index contributed by atoms with van der Waals surface area (Å²) in [6, 6.07) is 15.8. The number of amides is 1. The first-order chi connectivity index (χ1) is 14.3. The van der Waals surface area contributed by atoms with Crippen LogP contribution in [0.2, 0.25) is 0 Å². The van der Waals surface area contributed by atoms with Crippen LogP contribution in [-0.4, -0.2) is 35.5 Å². The van der Waals surface area contributed by atoms with Crippen LogP contribution < -0.4 is 14.8 Å². The van der Waals surface area contributed by atoms with Crippen molar-refractivity contribution in [3.63, 3.8) is 0 Å². The van der Waals surface area contributed by atoms with Crippen molar-refractivity contribution >= 4 is 17.3 Å². The molecule has 6 heteroatoms. The zero-order chi connectivity index (χ0) is 19.6. The van der Waals surface area contributed by atoms with Crippen LogP contribution in [-0.2, 0) is 13.0 Å². The monoisotopic (exact) mass is 387 g/mol. The SMILES string of the molecule is O=C(c1cncc(Nc2ccc3c(c2)OCCO3)c1)N1CCc2ccccc2C1. The number of pyridine rings is 1. The molecular formula is C23H21N3O3. The molecule has 0 unspecified atom stereocenters. The summed E-state index contributed by atoms with van der Waals surface area (Å²) in [7, 11) is 0. The van der Waals surface area contributed by atoms with E-state index >= 15 is 0 Å². The second-order valence-electron chi connectivity index (χ2n) is 7.19. The first-order valence-corrected chi connectivity index (χ1v) is 9.74. The van der Waals surface area contributed by atoms with Crippen molar-refractivity contribution in [3.05, 3.63) is 77.6 Å². The minimum atomic E-state index is -0.00201. The molecular weight excluding hydrogens is 366 g/mol. The maximum Gasteiger partial charge on any atom is 0.255 e. The summed E-state index contributed by atoms with van der Waals surface area (Å²) in [6.45, 7) is 2.46. The lowest BCUT2D eigenvalue weighted by Crippen LogP contribution is -2.36.